The van der Waals surface area contributed by atoms with E-state index < -0.39 is 30.7 Å². The van der Waals surface area contributed by atoms with Crippen LogP contribution in [0.2, 0.25) is 0 Å². The van der Waals surface area contributed by atoms with Crippen molar-refractivity contribution >= 4 is 0 Å². The maximum atomic E-state index is 9.74. The molecular weight excluding hydrogens is 248 g/mol. The Balaban J connectivity index is 2.15. The summed E-state index contributed by atoms with van der Waals surface area (Å²) in [5.41, 5.74) is 0. The largest absolute Gasteiger partial charge is 0.388 e. The lowest BCUT2D eigenvalue weighted by molar-refractivity contribution is -0.293. The molecule has 19 heavy (non-hydrogen) atoms. The van der Waals surface area contributed by atoms with Gasteiger partial charge in [-0.15, -0.1) is 0 Å². The highest BCUT2D eigenvalue weighted by Gasteiger charge is 2.42. The molecule has 0 aromatic rings. The molecule has 1 saturated heterocycles. The van der Waals surface area contributed by atoms with Gasteiger partial charge in [0.15, 0.2) is 6.29 Å². The van der Waals surface area contributed by atoms with E-state index in [2.05, 4.69) is 6.92 Å². The van der Waals surface area contributed by atoms with Gasteiger partial charge in [-0.2, -0.15) is 0 Å². The zero-order valence-electron chi connectivity index (χ0n) is 12.0. The Morgan fingerprint density at radius 2 is 1.53 bits per heavy atom. The molecule has 5 heteroatoms. The topological polar surface area (TPSA) is 79.2 Å². The number of ether oxygens (including phenoxy) is 2. The van der Waals surface area contributed by atoms with Crippen molar-refractivity contribution in [3.05, 3.63) is 0 Å². The van der Waals surface area contributed by atoms with Crippen LogP contribution in [0.1, 0.15) is 52.4 Å². The molecule has 0 amide bonds. The first-order valence-corrected chi connectivity index (χ1v) is 7.39. The van der Waals surface area contributed by atoms with Gasteiger partial charge in [0.1, 0.15) is 18.3 Å². The number of aliphatic hydroxyl groups excluding tert-OH is 3. The van der Waals surface area contributed by atoms with Crippen LogP contribution in [-0.2, 0) is 9.47 Å². The van der Waals surface area contributed by atoms with Gasteiger partial charge in [-0.1, -0.05) is 39.0 Å². The number of rotatable bonds is 8. The van der Waals surface area contributed by atoms with Crippen molar-refractivity contribution < 1.29 is 24.8 Å². The van der Waals surface area contributed by atoms with Crippen LogP contribution in [0.25, 0.3) is 0 Å². The second-order valence-corrected chi connectivity index (χ2v) is 5.32. The normalized spacial score (nSPS) is 35.5. The third-order valence-corrected chi connectivity index (χ3v) is 3.59. The van der Waals surface area contributed by atoms with E-state index in [9.17, 15) is 15.3 Å². The Morgan fingerprint density at radius 1 is 0.895 bits per heavy atom. The fourth-order valence-corrected chi connectivity index (χ4v) is 2.23. The minimum Gasteiger partial charge on any atom is -0.388 e. The van der Waals surface area contributed by atoms with E-state index in [0.29, 0.717) is 6.61 Å². The zero-order chi connectivity index (χ0) is 14.3. The van der Waals surface area contributed by atoms with Gasteiger partial charge in [0, 0.05) is 6.61 Å². The highest BCUT2D eigenvalue weighted by Crippen LogP contribution is 2.22. The zero-order valence-corrected chi connectivity index (χ0v) is 12.0. The monoisotopic (exact) mass is 276 g/mol. The Hall–Kier alpha value is -0.200. The van der Waals surface area contributed by atoms with E-state index in [1.54, 1.807) is 6.92 Å². The predicted octanol–water partition coefficient (Wildman–Crippen LogP) is 1.19. The van der Waals surface area contributed by atoms with E-state index >= 15 is 0 Å². The lowest BCUT2D eigenvalue weighted by Gasteiger charge is -2.38. The van der Waals surface area contributed by atoms with Crippen LogP contribution >= 0.6 is 0 Å². The molecular formula is C14H28O5. The summed E-state index contributed by atoms with van der Waals surface area (Å²) in [4.78, 5) is 0. The Kier molecular flexibility index (Phi) is 7.87. The molecule has 0 radical (unpaired) electrons. The molecule has 0 spiro atoms. The summed E-state index contributed by atoms with van der Waals surface area (Å²) in [6.45, 7) is 4.34. The molecule has 1 heterocycles. The average molecular weight is 276 g/mol. The van der Waals surface area contributed by atoms with Crippen LogP contribution in [0.5, 0.6) is 0 Å². The van der Waals surface area contributed by atoms with Crippen molar-refractivity contribution in [1.29, 1.82) is 0 Å². The number of hydrogen-bond donors (Lipinski definition) is 3. The molecule has 0 aromatic carbocycles. The Bertz CT molecular complexity index is 236. The van der Waals surface area contributed by atoms with Crippen molar-refractivity contribution in [2.75, 3.05) is 6.61 Å². The number of aliphatic hydroxyl groups is 3. The summed E-state index contributed by atoms with van der Waals surface area (Å²) < 4.78 is 10.8. The minimum atomic E-state index is -1.21. The molecule has 1 aliphatic rings. The average Bonchev–Trinajstić information content (AvgIpc) is 2.41. The van der Waals surface area contributed by atoms with Gasteiger partial charge in [-0.05, 0) is 13.3 Å². The van der Waals surface area contributed by atoms with Gasteiger partial charge in [0.2, 0.25) is 0 Å². The third kappa shape index (κ3) is 5.36. The van der Waals surface area contributed by atoms with Crippen LogP contribution in [0, 0.1) is 0 Å². The summed E-state index contributed by atoms with van der Waals surface area (Å²) in [5.74, 6) is 0. The lowest BCUT2D eigenvalue weighted by atomic mass is 10.00. The summed E-state index contributed by atoms with van der Waals surface area (Å²) in [5, 5.41) is 28.9. The van der Waals surface area contributed by atoms with Crippen LogP contribution in [0.3, 0.4) is 0 Å². The maximum absolute atomic E-state index is 9.74. The molecule has 114 valence electrons. The van der Waals surface area contributed by atoms with Gasteiger partial charge >= 0.3 is 0 Å². The summed E-state index contributed by atoms with van der Waals surface area (Å²) in [7, 11) is 0. The highest BCUT2D eigenvalue weighted by atomic mass is 16.7. The Morgan fingerprint density at radius 3 is 2.21 bits per heavy atom. The molecule has 0 unspecified atom stereocenters. The number of hydrogen-bond acceptors (Lipinski definition) is 5. The molecule has 0 saturated carbocycles. The van der Waals surface area contributed by atoms with Crippen LogP contribution < -0.4 is 0 Å². The quantitative estimate of drug-likeness (QED) is 0.580. The van der Waals surface area contributed by atoms with Crippen molar-refractivity contribution in [2.24, 2.45) is 0 Å². The smallest absolute Gasteiger partial charge is 0.186 e. The number of unbranched alkanes of at least 4 members (excludes halogenated alkanes) is 5. The van der Waals surface area contributed by atoms with E-state index in [1.165, 1.54) is 25.7 Å². The fourth-order valence-electron chi connectivity index (χ4n) is 2.23. The molecule has 0 aliphatic carbocycles. The molecule has 0 aromatic heterocycles. The standard InChI is InChI=1S/C14H28O5/c1-3-4-5-6-7-8-9-18-14-13(17)12(16)11(15)10(2)19-14/h10-17H,3-9H2,1-2H3/t10-,11-,12+,13+,14-/m0/s1. The summed E-state index contributed by atoms with van der Waals surface area (Å²) in [6.07, 6.45) is 2.13. The van der Waals surface area contributed by atoms with Gasteiger partial charge in [-0.25, -0.2) is 0 Å². The molecule has 3 N–H and O–H groups in total. The van der Waals surface area contributed by atoms with E-state index in [1.807, 2.05) is 0 Å². The SMILES string of the molecule is CCCCCCCCO[C@H]1O[C@@H](C)[C@H](O)[C@@H](O)[C@H]1O. The lowest BCUT2D eigenvalue weighted by Crippen LogP contribution is -2.57. The van der Waals surface area contributed by atoms with Crippen LogP contribution in [0.15, 0.2) is 0 Å². The van der Waals surface area contributed by atoms with Crippen molar-refractivity contribution in [3.8, 4) is 0 Å². The van der Waals surface area contributed by atoms with E-state index in [0.717, 1.165) is 12.8 Å². The minimum absolute atomic E-state index is 0.503. The van der Waals surface area contributed by atoms with E-state index in [4.69, 9.17) is 9.47 Å². The fraction of sp³-hybridized carbons (Fsp3) is 1.00. The van der Waals surface area contributed by atoms with Gasteiger partial charge in [-0.3, -0.25) is 0 Å². The molecule has 0 bridgehead atoms. The Labute approximate surface area is 115 Å². The van der Waals surface area contributed by atoms with Crippen LogP contribution in [0.4, 0.5) is 0 Å². The third-order valence-electron chi connectivity index (χ3n) is 3.59. The first kappa shape index (κ1) is 16.9. The molecule has 1 aliphatic heterocycles. The van der Waals surface area contributed by atoms with Crippen molar-refractivity contribution in [3.63, 3.8) is 0 Å². The van der Waals surface area contributed by atoms with Gasteiger partial charge < -0.3 is 24.8 Å². The highest BCUT2D eigenvalue weighted by molar-refractivity contribution is 4.87. The first-order valence-electron chi connectivity index (χ1n) is 7.39. The second-order valence-electron chi connectivity index (χ2n) is 5.32. The van der Waals surface area contributed by atoms with Gasteiger partial charge in [0.25, 0.3) is 0 Å². The van der Waals surface area contributed by atoms with Crippen LogP contribution in [-0.4, -0.2) is 52.6 Å². The van der Waals surface area contributed by atoms with Crippen molar-refractivity contribution in [2.45, 2.75) is 83.1 Å². The molecule has 1 rings (SSSR count). The maximum Gasteiger partial charge on any atom is 0.186 e. The molecule has 5 atom stereocenters. The summed E-state index contributed by atoms with van der Waals surface area (Å²) >= 11 is 0. The van der Waals surface area contributed by atoms with E-state index in [-0.39, 0.29) is 0 Å². The van der Waals surface area contributed by atoms with Gasteiger partial charge in [0.05, 0.1) is 6.10 Å². The predicted molar refractivity (Wildman–Crippen MR) is 71.7 cm³/mol. The first-order chi connectivity index (χ1) is 9.07. The second kappa shape index (κ2) is 8.87. The summed E-state index contributed by atoms with van der Waals surface area (Å²) in [6, 6.07) is 0. The molecule has 5 nitrogen and oxygen atoms in total. The molecule has 1 fully saturated rings. The van der Waals surface area contributed by atoms with Crippen molar-refractivity contribution in [1.82, 2.24) is 0 Å².